The molecule has 2 aromatic heterocycles. The number of hydrogen-bond acceptors (Lipinski definition) is 7. The molecule has 1 atom stereocenters. The molecule has 1 unspecified atom stereocenters. The lowest BCUT2D eigenvalue weighted by Gasteiger charge is -1.96. The van der Waals surface area contributed by atoms with E-state index in [1.807, 2.05) is 0 Å². The Labute approximate surface area is 95.6 Å². The Morgan fingerprint density at radius 1 is 1.50 bits per heavy atom. The van der Waals surface area contributed by atoms with Crippen molar-refractivity contribution >= 4 is 11.3 Å². The minimum Gasteiger partial charge on any atom is -0.419 e. The maximum absolute atomic E-state index is 9.15. The van der Waals surface area contributed by atoms with E-state index in [2.05, 4.69) is 15.2 Å². The predicted octanol–water partition coefficient (Wildman–Crippen LogP) is 0.609. The molecule has 6 nitrogen and oxygen atoms in total. The summed E-state index contributed by atoms with van der Waals surface area (Å²) < 4.78 is 5.32. The first kappa shape index (κ1) is 11.2. The van der Waals surface area contributed by atoms with Gasteiger partial charge in [0, 0.05) is 5.38 Å². The molecular weight excluding hydrogens is 230 g/mol. The van der Waals surface area contributed by atoms with Crippen LogP contribution in [0.5, 0.6) is 0 Å². The first-order valence-corrected chi connectivity index (χ1v) is 5.63. The third-order valence-electron chi connectivity index (χ3n) is 1.83. The van der Waals surface area contributed by atoms with Gasteiger partial charge in [-0.05, 0) is 6.92 Å². The van der Waals surface area contributed by atoms with Gasteiger partial charge < -0.3 is 14.6 Å². The molecule has 16 heavy (non-hydrogen) atoms. The lowest BCUT2D eigenvalue weighted by Crippen LogP contribution is -2.04. The SMILES string of the molecule is CC(O)Cc1nnc(-c2nc(CO)cs2)o1. The van der Waals surface area contributed by atoms with E-state index < -0.39 is 6.10 Å². The summed E-state index contributed by atoms with van der Waals surface area (Å²) in [5.41, 5.74) is 0.579. The Balaban J connectivity index is 2.17. The molecule has 2 rings (SSSR count). The third-order valence-corrected chi connectivity index (χ3v) is 2.71. The lowest BCUT2D eigenvalue weighted by atomic mass is 10.3. The van der Waals surface area contributed by atoms with E-state index in [0.717, 1.165) is 0 Å². The van der Waals surface area contributed by atoms with Gasteiger partial charge in [-0.1, -0.05) is 0 Å². The van der Waals surface area contributed by atoms with Crippen molar-refractivity contribution < 1.29 is 14.6 Å². The molecule has 86 valence electrons. The number of rotatable bonds is 4. The minimum atomic E-state index is -0.516. The first-order chi connectivity index (χ1) is 7.69. The highest BCUT2D eigenvalue weighted by Crippen LogP contribution is 2.22. The van der Waals surface area contributed by atoms with E-state index in [9.17, 15) is 0 Å². The van der Waals surface area contributed by atoms with Gasteiger partial charge in [0.05, 0.1) is 24.8 Å². The number of aliphatic hydroxyl groups is 2. The quantitative estimate of drug-likeness (QED) is 0.814. The van der Waals surface area contributed by atoms with E-state index in [0.29, 0.717) is 28.9 Å². The van der Waals surface area contributed by atoms with Crippen LogP contribution < -0.4 is 0 Å². The molecule has 0 aliphatic rings. The van der Waals surface area contributed by atoms with Crippen LogP contribution in [-0.2, 0) is 13.0 Å². The zero-order valence-electron chi connectivity index (χ0n) is 8.62. The molecular formula is C9H11N3O3S. The van der Waals surface area contributed by atoms with Crippen LogP contribution in [0.1, 0.15) is 18.5 Å². The van der Waals surface area contributed by atoms with Gasteiger partial charge in [-0.25, -0.2) is 4.98 Å². The number of nitrogens with zero attached hydrogens (tertiary/aromatic N) is 3. The van der Waals surface area contributed by atoms with Crippen LogP contribution in [-0.4, -0.2) is 31.5 Å². The van der Waals surface area contributed by atoms with Gasteiger partial charge >= 0.3 is 0 Å². The van der Waals surface area contributed by atoms with Crippen LogP contribution in [0.25, 0.3) is 10.9 Å². The van der Waals surface area contributed by atoms with Crippen LogP contribution in [0, 0.1) is 0 Å². The topological polar surface area (TPSA) is 92.3 Å². The van der Waals surface area contributed by atoms with Crippen molar-refractivity contribution in [2.24, 2.45) is 0 Å². The predicted molar refractivity (Wildman–Crippen MR) is 56.7 cm³/mol. The monoisotopic (exact) mass is 241 g/mol. The second-order valence-electron chi connectivity index (χ2n) is 3.36. The molecule has 0 amide bonds. The van der Waals surface area contributed by atoms with Gasteiger partial charge in [0.15, 0.2) is 5.01 Å². The second kappa shape index (κ2) is 4.69. The fraction of sp³-hybridized carbons (Fsp3) is 0.444. The highest BCUT2D eigenvalue weighted by molar-refractivity contribution is 7.13. The number of aliphatic hydroxyl groups excluding tert-OH is 2. The standard InChI is InChI=1S/C9H11N3O3S/c1-5(14)2-7-11-12-8(15-7)9-10-6(3-13)4-16-9/h4-5,13-14H,2-3H2,1H3. The van der Waals surface area contributed by atoms with Crippen LogP contribution in [0.2, 0.25) is 0 Å². The van der Waals surface area contributed by atoms with E-state index in [1.54, 1.807) is 12.3 Å². The van der Waals surface area contributed by atoms with Gasteiger partial charge in [-0.15, -0.1) is 21.5 Å². The van der Waals surface area contributed by atoms with Crippen molar-refractivity contribution in [3.63, 3.8) is 0 Å². The average molecular weight is 241 g/mol. The van der Waals surface area contributed by atoms with E-state index in [1.165, 1.54) is 11.3 Å². The van der Waals surface area contributed by atoms with E-state index >= 15 is 0 Å². The fourth-order valence-corrected chi connectivity index (χ4v) is 1.88. The molecule has 0 spiro atoms. The summed E-state index contributed by atoms with van der Waals surface area (Å²) in [6.07, 6.45) is -0.191. The average Bonchev–Trinajstić information content (AvgIpc) is 2.83. The minimum absolute atomic E-state index is 0.106. The van der Waals surface area contributed by atoms with E-state index in [-0.39, 0.29) is 6.61 Å². The molecule has 2 aromatic rings. The smallest absolute Gasteiger partial charge is 0.276 e. The highest BCUT2D eigenvalue weighted by Gasteiger charge is 2.13. The molecule has 0 radical (unpaired) electrons. The molecule has 0 saturated heterocycles. The molecule has 0 saturated carbocycles. The normalized spacial score (nSPS) is 12.9. The van der Waals surface area contributed by atoms with Crippen molar-refractivity contribution in [2.45, 2.75) is 26.1 Å². The Kier molecular flexibility index (Phi) is 3.28. The highest BCUT2D eigenvalue weighted by atomic mass is 32.1. The maximum atomic E-state index is 9.15. The molecule has 0 aliphatic heterocycles. The zero-order valence-corrected chi connectivity index (χ0v) is 9.44. The molecule has 0 aromatic carbocycles. The summed E-state index contributed by atoms with van der Waals surface area (Å²) in [5, 5.41) is 27.9. The van der Waals surface area contributed by atoms with Gasteiger partial charge in [0.1, 0.15) is 0 Å². The lowest BCUT2D eigenvalue weighted by molar-refractivity contribution is 0.185. The Hall–Kier alpha value is -1.31. The Morgan fingerprint density at radius 3 is 2.94 bits per heavy atom. The van der Waals surface area contributed by atoms with Crippen molar-refractivity contribution in [2.75, 3.05) is 0 Å². The van der Waals surface area contributed by atoms with Gasteiger partial charge in [-0.3, -0.25) is 0 Å². The van der Waals surface area contributed by atoms with Crippen LogP contribution >= 0.6 is 11.3 Å². The zero-order chi connectivity index (χ0) is 11.5. The molecule has 0 fully saturated rings. The largest absolute Gasteiger partial charge is 0.419 e. The summed E-state index contributed by atoms with van der Waals surface area (Å²) in [7, 11) is 0. The summed E-state index contributed by atoms with van der Waals surface area (Å²) in [4.78, 5) is 4.10. The Morgan fingerprint density at radius 2 is 2.31 bits per heavy atom. The summed E-state index contributed by atoms with van der Waals surface area (Å²) in [6, 6.07) is 0. The number of aromatic nitrogens is 3. The molecule has 2 N–H and O–H groups in total. The van der Waals surface area contributed by atoms with Gasteiger partial charge in [0.25, 0.3) is 5.89 Å². The van der Waals surface area contributed by atoms with Crippen molar-refractivity contribution in [1.82, 2.24) is 15.2 Å². The molecule has 0 aliphatic carbocycles. The summed E-state index contributed by atoms with van der Waals surface area (Å²) >= 11 is 1.33. The maximum Gasteiger partial charge on any atom is 0.276 e. The molecule has 2 heterocycles. The fourth-order valence-electron chi connectivity index (χ4n) is 1.15. The van der Waals surface area contributed by atoms with Crippen molar-refractivity contribution in [3.8, 4) is 10.9 Å². The van der Waals surface area contributed by atoms with Crippen LogP contribution in [0.3, 0.4) is 0 Å². The van der Waals surface area contributed by atoms with Crippen LogP contribution in [0.4, 0.5) is 0 Å². The van der Waals surface area contributed by atoms with Gasteiger partial charge in [-0.2, -0.15) is 0 Å². The summed E-state index contributed by atoms with van der Waals surface area (Å²) in [5.74, 6) is 0.700. The summed E-state index contributed by atoms with van der Waals surface area (Å²) in [6.45, 7) is 1.54. The molecule has 7 heteroatoms. The second-order valence-corrected chi connectivity index (χ2v) is 4.21. The molecule has 0 bridgehead atoms. The third kappa shape index (κ3) is 2.43. The Bertz CT molecular complexity index is 466. The van der Waals surface area contributed by atoms with Crippen molar-refractivity contribution in [1.29, 1.82) is 0 Å². The van der Waals surface area contributed by atoms with Gasteiger partial charge in [0.2, 0.25) is 5.89 Å². The number of thiazole rings is 1. The number of hydrogen-bond donors (Lipinski definition) is 2. The van der Waals surface area contributed by atoms with Crippen LogP contribution in [0.15, 0.2) is 9.80 Å². The van der Waals surface area contributed by atoms with Crippen molar-refractivity contribution in [3.05, 3.63) is 17.0 Å². The van der Waals surface area contributed by atoms with E-state index in [4.69, 9.17) is 14.6 Å². The first-order valence-electron chi connectivity index (χ1n) is 4.75.